The number of benzene rings is 3. The van der Waals surface area contributed by atoms with Gasteiger partial charge in [-0.05, 0) is 41.8 Å². The molecule has 0 radical (unpaired) electrons. The van der Waals surface area contributed by atoms with Gasteiger partial charge >= 0.3 is 0 Å². The molecular weight excluding hydrogens is 370 g/mol. The number of carbonyl (C=O) groups is 1. The van der Waals surface area contributed by atoms with Gasteiger partial charge in [0.2, 0.25) is 0 Å². The molecule has 0 saturated carbocycles. The summed E-state index contributed by atoms with van der Waals surface area (Å²) in [5.41, 5.74) is 7.65. The molecule has 3 N–H and O–H groups in total. The molecule has 0 fully saturated rings. The molecule has 0 unspecified atom stereocenters. The molecule has 0 aliphatic rings. The monoisotopic (exact) mass is 391 g/mol. The van der Waals surface area contributed by atoms with E-state index in [0.717, 1.165) is 16.9 Å². The van der Waals surface area contributed by atoms with Crippen LogP contribution in [-0.4, -0.2) is 17.4 Å². The van der Waals surface area contributed by atoms with E-state index < -0.39 is 4.92 Å². The van der Waals surface area contributed by atoms with Gasteiger partial charge in [0.05, 0.1) is 4.92 Å². The number of nitrogens with zero attached hydrogens (tertiary/aromatic N) is 1. The molecule has 3 aromatic rings. The maximum absolute atomic E-state index is 12.2. The first-order chi connectivity index (χ1) is 14.0. The molecule has 0 bridgehead atoms. The van der Waals surface area contributed by atoms with E-state index in [0.29, 0.717) is 19.6 Å². The van der Waals surface area contributed by atoms with Crippen LogP contribution in [0.1, 0.15) is 21.5 Å². The number of nitro benzene ring substituents is 1. The molecule has 0 aliphatic carbocycles. The highest BCUT2D eigenvalue weighted by molar-refractivity contribution is 5.95. The average Bonchev–Trinajstić information content (AvgIpc) is 2.74. The summed E-state index contributed by atoms with van der Waals surface area (Å²) in [6.45, 7) is 0.908. The van der Waals surface area contributed by atoms with Crippen LogP contribution in [0.4, 0.5) is 11.4 Å². The summed E-state index contributed by atoms with van der Waals surface area (Å²) in [6, 6.07) is 21.6. The van der Waals surface area contributed by atoms with Crippen LogP contribution in [0.25, 0.3) is 0 Å². The number of hydrogen-bond donors (Lipinski definition) is 2. The van der Waals surface area contributed by atoms with E-state index in [-0.39, 0.29) is 22.8 Å². The Labute approximate surface area is 168 Å². The molecule has 0 spiro atoms. The maximum Gasteiger partial charge on any atom is 0.292 e. The van der Waals surface area contributed by atoms with Gasteiger partial charge in [-0.25, -0.2) is 0 Å². The van der Waals surface area contributed by atoms with E-state index in [4.69, 9.17) is 10.5 Å². The van der Waals surface area contributed by atoms with E-state index in [1.165, 1.54) is 18.2 Å². The number of anilines is 1. The Hall–Kier alpha value is -3.87. The number of nitro groups is 1. The minimum atomic E-state index is -0.604. The molecule has 29 heavy (non-hydrogen) atoms. The van der Waals surface area contributed by atoms with E-state index in [1.807, 2.05) is 54.6 Å². The van der Waals surface area contributed by atoms with Crippen LogP contribution in [-0.2, 0) is 13.0 Å². The van der Waals surface area contributed by atoms with E-state index in [1.54, 1.807) is 0 Å². The van der Waals surface area contributed by atoms with Gasteiger partial charge in [0.15, 0.2) is 0 Å². The number of nitrogens with two attached hydrogens (primary N) is 1. The summed E-state index contributed by atoms with van der Waals surface area (Å²) in [5.74, 6) is 0.395. The van der Waals surface area contributed by atoms with Crippen molar-refractivity contribution in [2.24, 2.45) is 0 Å². The Balaban J connectivity index is 1.48. The molecular formula is C22H21N3O4. The molecule has 0 saturated heterocycles. The minimum Gasteiger partial charge on any atom is -0.489 e. The van der Waals surface area contributed by atoms with Crippen LogP contribution in [0.5, 0.6) is 5.75 Å². The maximum atomic E-state index is 12.2. The van der Waals surface area contributed by atoms with Crippen molar-refractivity contribution >= 4 is 17.3 Å². The summed E-state index contributed by atoms with van der Waals surface area (Å²) in [6.07, 6.45) is 0.627. The fraction of sp³-hybridized carbons (Fsp3) is 0.136. The molecule has 1 amide bonds. The number of amides is 1. The first-order valence-corrected chi connectivity index (χ1v) is 9.11. The fourth-order valence-corrected chi connectivity index (χ4v) is 2.76. The van der Waals surface area contributed by atoms with Crippen LogP contribution in [0.2, 0.25) is 0 Å². The Morgan fingerprint density at radius 2 is 1.72 bits per heavy atom. The topological polar surface area (TPSA) is 107 Å². The predicted molar refractivity (Wildman–Crippen MR) is 111 cm³/mol. The highest BCUT2D eigenvalue weighted by atomic mass is 16.6. The zero-order valence-corrected chi connectivity index (χ0v) is 15.7. The lowest BCUT2D eigenvalue weighted by atomic mass is 10.1. The summed E-state index contributed by atoms with van der Waals surface area (Å²) < 4.78 is 5.75. The normalized spacial score (nSPS) is 10.3. The highest BCUT2D eigenvalue weighted by Gasteiger charge is 2.15. The second-order valence-corrected chi connectivity index (χ2v) is 6.45. The molecule has 0 aromatic heterocycles. The van der Waals surface area contributed by atoms with Crippen molar-refractivity contribution in [3.8, 4) is 5.75 Å². The van der Waals surface area contributed by atoms with Gasteiger partial charge in [0, 0.05) is 18.2 Å². The van der Waals surface area contributed by atoms with Gasteiger partial charge < -0.3 is 15.8 Å². The third kappa shape index (κ3) is 5.55. The van der Waals surface area contributed by atoms with E-state index >= 15 is 0 Å². The zero-order valence-electron chi connectivity index (χ0n) is 15.7. The lowest BCUT2D eigenvalue weighted by molar-refractivity contribution is -0.383. The number of rotatable bonds is 8. The van der Waals surface area contributed by atoms with Crippen LogP contribution in [0.15, 0.2) is 72.8 Å². The Morgan fingerprint density at radius 3 is 2.41 bits per heavy atom. The molecule has 0 heterocycles. The average molecular weight is 391 g/mol. The standard InChI is InChI=1S/C22H21N3O4/c23-20-11-8-18(14-21(20)25(27)28)22(26)24-13-12-16-6-9-19(10-7-16)29-15-17-4-2-1-3-5-17/h1-11,14H,12-13,15,23H2,(H,24,26). The molecule has 0 atom stereocenters. The first-order valence-electron chi connectivity index (χ1n) is 9.11. The van der Waals surface area contributed by atoms with Crippen LogP contribution in [0, 0.1) is 10.1 Å². The minimum absolute atomic E-state index is 0.0288. The lowest BCUT2D eigenvalue weighted by Gasteiger charge is -2.08. The quantitative estimate of drug-likeness (QED) is 0.346. The summed E-state index contributed by atoms with van der Waals surface area (Å²) in [7, 11) is 0. The number of carbonyl (C=O) groups excluding carboxylic acids is 1. The summed E-state index contributed by atoms with van der Waals surface area (Å²) in [4.78, 5) is 22.5. The zero-order chi connectivity index (χ0) is 20.6. The van der Waals surface area contributed by atoms with Gasteiger partial charge in [0.25, 0.3) is 11.6 Å². The van der Waals surface area contributed by atoms with Gasteiger partial charge in [-0.2, -0.15) is 0 Å². The number of nitrogen functional groups attached to an aromatic ring is 1. The molecule has 7 heteroatoms. The summed E-state index contributed by atoms with van der Waals surface area (Å²) >= 11 is 0. The Kier molecular flexibility index (Phi) is 6.42. The van der Waals surface area contributed by atoms with Crippen molar-refractivity contribution in [3.05, 3.63) is 99.6 Å². The third-order valence-electron chi connectivity index (χ3n) is 4.36. The van der Waals surface area contributed by atoms with Gasteiger partial charge in [0.1, 0.15) is 18.0 Å². The van der Waals surface area contributed by atoms with Crippen molar-refractivity contribution in [2.45, 2.75) is 13.0 Å². The summed E-state index contributed by atoms with van der Waals surface area (Å²) in [5, 5.41) is 13.7. The van der Waals surface area contributed by atoms with Crippen molar-refractivity contribution in [1.82, 2.24) is 5.32 Å². The number of ether oxygens (including phenoxy) is 1. The molecule has 3 rings (SSSR count). The van der Waals surface area contributed by atoms with Gasteiger partial charge in [-0.15, -0.1) is 0 Å². The van der Waals surface area contributed by atoms with Crippen molar-refractivity contribution in [3.63, 3.8) is 0 Å². The van der Waals surface area contributed by atoms with Crippen molar-refractivity contribution < 1.29 is 14.5 Å². The lowest BCUT2D eigenvalue weighted by Crippen LogP contribution is -2.25. The Bertz CT molecular complexity index is 989. The smallest absolute Gasteiger partial charge is 0.292 e. The van der Waals surface area contributed by atoms with Gasteiger partial charge in [-0.3, -0.25) is 14.9 Å². The second-order valence-electron chi connectivity index (χ2n) is 6.45. The molecule has 7 nitrogen and oxygen atoms in total. The predicted octanol–water partition coefficient (Wildman–Crippen LogP) is 3.73. The highest BCUT2D eigenvalue weighted by Crippen LogP contribution is 2.22. The number of hydrogen-bond acceptors (Lipinski definition) is 5. The van der Waals surface area contributed by atoms with Crippen LogP contribution in [0.3, 0.4) is 0 Å². The van der Waals surface area contributed by atoms with Gasteiger partial charge in [-0.1, -0.05) is 42.5 Å². The third-order valence-corrected chi connectivity index (χ3v) is 4.36. The second kappa shape index (κ2) is 9.36. The molecule has 0 aliphatic heterocycles. The van der Waals surface area contributed by atoms with Crippen LogP contribution < -0.4 is 15.8 Å². The van der Waals surface area contributed by atoms with Crippen molar-refractivity contribution in [2.75, 3.05) is 12.3 Å². The van der Waals surface area contributed by atoms with Crippen molar-refractivity contribution in [1.29, 1.82) is 0 Å². The molecule has 3 aromatic carbocycles. The molecule has 148 valence electrons. The van der Waals surface area contributed by atoms with Crippen LogP contribution >= 0.6 is 0 Å². The van der Waals surface area contributed by atoms with E-state index in [2.05, 4.69) is 5.32 Å². The van der Waals surface area contributed by atoms with E-state index in [9.17, 15) is 14.9 Å². The number of nitrogens with one attached hydrogen (secondary N) is 1. The fourth-order valence-electron chi connectivity index (χ4n) is 2.76. The Morgan fingerprint density at radius 1 is 1.00 bits per heavy atom. The largest absolute Gasteiger partial charge is 0.489 e. The first kappa shape index (κ1) is 19.9. The SMILES string of the molecule is Nc1ccc(C(=O)NCCc2ccc(OCc3ccccc3)cc2)cc1[N+](=O)[O-].